The Kier molecular flexibility index (Phi) is 4.96. The van der Waals surface area contributed by atoms with Gasteiger partial charge in [-0.2, -0.15) is 0 Å². The van der Waals surface area contributed by atoms with Gasteiger partial charge in [-0.05, 0) is 32.1 Å². The zero-order valence-corrected chi connectivity index (χ0v) is 15.1. The minimum atomic E-state index is -0.104. The van der Waals surface area contributed by atoms with Gasteiger partial charge in [0.05, 0.1) is 6.04 Å². The molecule has 3 heterocycles. The van der Waals surface area contributed by atoms with Gasteiger partial charge in [0.2, 0.25) is 5.13 Å². The average Bonchev–Trinajstić information content (AvgIpc) is 3.34. The Bertz CT molecular complexity index is 694. The van der Waals surface area contributed by atoms with Crippen molar-refractivity contribution >= 4 is 22.5 Å². The van der Waals surface area contributed by atoms with Crippen LogP contribution < -0.4 is 5.32 Å². The third-order valence-electron chi connectivity index (χ3n) is 5.21. The maximum Gasteiger partial charge on any atom is 0.324 e. The Hall–Kier alpha value is -1.96. The van der Waals surface area contributed by atoms with Gasteiger partial charge in [-0.3, -0.25) is 5.32 Å². The molecule has 0 bridgehead atoms. The van der Waals surface area contributed by atoms with Crippen LogP contribution in [0, 0.1) is 0 Å². The van der Waals surface area contributed by atoms with Crippen molar-refractivity contribution < 1.29 is 4.79 Å². The maximum absolute atomic E-state index is 12.8. The van der Waals surface area contributed by atoms with Gasteiger partial charge in [0, 0.05) is 24.9 Å². The number of aromatic nitrogens is 4. The number of hydrogen-bond donors (Lipinski definition) is 2. The molecule has 1 saturated heterocycles. The summed E-state index contributed by atoms with van der Waals surface area (Å²) in [5.74, 6) is 1.37. The number of hydrogen-bond acceptors (Lipinski definition) is 5. The number of piperidine rings is 1. The van der Waals surface area contributed by atoms with Crippen molar-refractivity contribution in [1.82, 2.24) is 25.1 Å². The zero-order valence-electron chi connectivity index (χ0n) is 14.3. The van der Waals surface area contributed by atoms with E-state index in [4.69, 9.17) is 0 Å². The molecule has 2 fully saturated rings. The van der Waals surface area contributed by atoms with Gasteiger partial charge < -0.3 is 9.88 Å². The Morgan fingerprint density at radius 2 is 2.00 bits per heavy atom. The fourth-order valence-electron chi connectivity index (χ4n) is 3.88. The van der Waals surface area contributed by atoms with Crippen LogP contribution in [0.15, 0.2) is 12.4 Å². The van der Waals surface area contributed by atoms with Crippen LogP contribution in [0.4, 0.5) is 9.93 Å². The summed E-state index contributed by atoms with van der Waals surface area (Å²) in [6.07, 6.45) is 12.8. The predicted octanol–water partition coefficient (Wildman–Crippen LogP) is 4.07. The molecule has 2 aromatic heterocycles. The molecule has 25 heavy (non-hydrogen) atoms. The van der Waals surface area contributed by atoms with E-state index in [0.29, 0.717) is 11.0 Å². The molecule has 1 aliphatic carbocycles. The summed E-state index contributed by atoms with van der Waals surface area (Å²) >= 11 is 1.53. The number of H-pyrrole nitrogens is 1. The van der Waals surface area contributed by atoms with E-state index in [0.717, 1.165) is 36.6 Å². The lowest BCUT2D eigenvalue weighted by Crippen LogP contribution is -2.41. The van der Waals surface area contributed by atoms with Gasteiger partial charge in [-0.15, -0.1) is 10.2 Å². The average molecular weight is 360 g/mol. The second kappa shape index (κ2) is 7.51. The highest BCUT2D eigenvalue weighted by Crippen LogP contribution is 2.35. The molecule has 0 radical (unpaired) electrons. The number of imidazole rings is 1. The van der Waals surface area contributed by atoms with E-state index < -0.39 is 0 Å². The van der Waals surface area contributed by atoms with Gasteiger partial charge in [0.15, 0.2) is 0 Å². The molecule has 1 aliphatic heterocycles. The number of amides is 2. The first-order chi connectivity index (χ1) is 12.3. The summed E-state index contributed by atoms with van der Waals surface area (Å²) in [4.78, 5) is 22.1. The fourth-order valence-corrected chi connectivity index (χ4v) is 4.78. The van der Waals surface area contributed by atoms with Gasteiger partial charge >= 0.3 is 6.03 Å². The number of nitrogens with zero attached hydrogens (tertiary/aromatic N) is 4. The Labute approximate surface area is 151 Å². The normalized spacial score (nSPS) is 22.1. The van der Waals surface area contributed by atoms with Crippen LogP contribution in [-0.2, 0) is 0 Å². The number of likely N-dealkylation sites (tertiary alicyclic amines) is 1. The molecule has 0 spiro atoms. The smallest absolute Gasteiger partial charge is 0.324 e. The second-order valence-corrected chi connectivity index (χ2v) is 7.90. The first-order valence-electron chi connectivity index (χ1n) is 9.21. The Balaban J connectivity index is 1.43. The van der Waals surface area contributed by atoms with Crippen molar-refractivity contribution in [2.45, 2.75) is 63.3 Å². The van der Waals surface area contributed by atoms with E-state index in [1.54, 1.807) is 12.4 Å². The quantitative estimate of drug-likeness (QED) is 0.864. The van der Waals surface area contributed by atoms with Crippen molar-refractivity contribution in [3.63, 3.8) is 0 Å². The number of aromatic amines is 1. The number of carbonyl (C=O) groups is 1. The molecule has 1 atom stereocenters. The summed E-state index contributed by atoms with van der Waals surface area (Å²) < 4.78 is 0. The third kappa shape index (κ3) is 3.68. The van der Waals surface area contributed by atoms with Crippen molar-refractivity contribution in [2.24, 2.45) is 0 Å². The summed E-state index contributed by atoms with van der Waals surface area (Å²) in [7, 11) is 0. The van der Waals surface area contributed by atoms with Crippen LogP contribution in [0.5, 0.6) is 0 Å². The van der Waals surface area contributed by atoms with E-state index in [-0.39, 0.29) is 12.1 Å². The van der Waals surface area contributed by atoms with Crippen LogP contribution in [0.25, 0.3) is 0 Å². The summed E-state index contributed by atoms with van der Waals surface area (Å²) in [6, 6.07) is -0.0954. The van der Waals surface area contributed by atoms with Crippen molar-refractivity contribution in [3.05, 3.63) is 23.2 Å². The number of carbonyl (C=O) groups excluding carboxylic acids is 1. The number of anilines is 1. The Morgan fingerprint density at radius 1 is 1.16 bits per heavy atom. The van der Waals surface area contributed by atoms with Crippen molar-refractivity contribution in [2.75, 3.05) is 11.9 Å². The summed E-state index contributed by atoms with van der Waals surface area (Å²) in [6.45, 7) is 0.742. The predicted molar refractivity (Wildman–Crippen MR) is 96.6 cm³/mol. The highest BCUT2D eigenvalue weighted by atomic mass is 32.1. The second-order valence-electron chi connectivity index (χ2n) is 6.89. The molecule has 0 aromatic carbocycles. The van der Waals surface area contributed by atoms with Crippen molar-refractivity contribution in [1.29, 1.82) is 0 Å². The van der Waals surface area contributed by atoms with Gasteiger partial charge in [0.1, 0.15) is 10.8 Å². The molecule has 2 amide bonds. The lowest BCUT2D eigenvalue weighted by molar-refractivity contribution is 0.160. The molecule has 2 aromatic rings. The molecule has 2 N–H and O–H groups in total. The molecule has 4 rings (SSSR count). The SMILES string of the molecule is O=C(Nc1nnc(C2CCCCC2)s1)N1CCCCC1c1ncc[nH]1. The van der Waals surface area contributed by atoms with Crippen LogP contribution in [0.3, 0.4) is 0 Å². The largest absolute Gasteiger partial charge is 0.347 e. The van der Waals surface area contributed by atoms with Crippen molar-refractivity contribution in [3.8, 4) is 0 Å². The minimum absolute atomic E-state index is 0.00878. The number of nitrogens with one attached hydrogen (secondary N) is 2. The monoisotopic (exact) mass is 360 g/mol. The lowest BCUT2D eigenvalue weighted by atomic mass is 9.90. The standard InChI is InChI=1S/C17H24N6OS/c24-17(23-11-5-4-8-13(23)14-18-9-10-19-14)20-16-22-21-15(25-16)12-6-2-1-3-7-12/h9-10,12-13H,1-8,11H2,(H,18,19)(H,20,22,24). The molecule has 1 unspecified atom stereocenters. The highest BCUT2D eigenvalue weighted by Gasteiger charge is 2.30. The Morgan fingerprint density at radius 3 is 2.80 bits per heavy atom. The molecule has 2 aliphatic rings. The van der Waals surface area contributed by atoms with Gasteiger partial charge in [0.25, 0.3) is 0 Å². The van der Waals surface area contributed by atoms with E-state index in [2.05, 4.69) is 25.5 Å². The first kappa shape index (κ1) is 16.5. The highest BCUT2D eigenvalue weighted by molar-refractivity contribution is 7.15. The van der Waals surface area contributed by atoms with E-state index in [1.165, 1.54) is 43.4 Å². The van der Waals surface area contributed by atoms with Gasteiger partial charge in [-0.1, -0.05) is 30.6 Å². The third-order valence-corrected chi connectivity index (χ3v) is 6.21. The molecule has 7 nitrogen and oxygen atoms in total. The minimum Gasteiger partial charge on any atom is -0.347 e. The van der Waals surface area contributed by atoms with E-state index >= 15 is 0 Å². The maximum atomic E-state index is 12.8. The fraction of sp³-hybridized carbons (Fsp3) is 0.647. The zero-order chi connectivity index (χ0) is 17.1. The first-order valence-corrected chi connectivity index (χ1v) is 10.0. The molecule has 134 valence electrons. The molecular formula is C17H24N6OS. The molecule has 1 saturated carbocycles. The molecular weight excluding hydrogens is 336 g/mol. The number of rotatable bonds is 3. The van der Waals surface area contributed by atoms with Crippen LogP contribution >= 0.6 is 11.3 Å². The van der Waals surface area contributed by atoms with Crippen LogP contribution in [-0.4, -0.2) is 37.6 Å². The van der Waals surface area contributed by atoms with Gasteiger partial charge in [-0.25, -0.2) is 9.78 Å². The van der Waals surface area contributed by atoms with Crippen LogP contribution in [0.2, 0.25) is 0 Å². The van der Waals surface area contributed by atoms with E-state index in [9.17, 15) is 4.79 Å². The summed E-state index contributed by atoms with van der Waals surface area (Å²) in [5, 5.41) is 13.1. The van der Waals surface area contributed by atoms with Crippen LogP contribution in [0.1, 0.15) is 74.2 Å². The number of urea groups is 1. The summed E-state index contributed by atoms with van der Waals surface area (Å²) in [5.41, 5.74) is 0. The molecule has 8 heteroatoms. The topological polar surface area (TPSA) is 86.8 Å². The lowest BCUT2D eigenvalue weighted by Gasteiger charge is -2.34. The van der Waals surface area contributed by atoms with E-state index in [1.807, 2.05) is 4.90 Å².